The SMILES string of the molecule is C[C@H]1CCC(CNC(=O)c2cc(F)c(O)c(F)c2F)CCC1c1noc(-c2ccnc(N3CCN(C)CC3)n2)n1. The Morgan fingerprint density at radius 3 is 2.62 bits per heavy atom. The molecule has 2 aromatic heterocycles. The maximum atomic E-state index is 14.1. The van der Waals surface area contributed by atoms with Crippen molar-refractivity contribution in [2.75, 3.05) is 44.7 Å². The number of aromatic nitrogens is 4. The van der Waals surface area contributed by atoms with Crippen molar-refractivity contribution in [1.82, 2.24) is 30.3 Å². The van der Waals surface area contributed by atoms with Crippen LogP contribution in [0.15, 0.2) is 22.9 Å². The first-order valence-electron chi connectivity index (χ1n) is 13.5. The molecule has 2 fully saturated rings. The molecule has 13 heteroatoms. The molecule has 40 heavy (non-hydrogen) atoms. The van der Waals surface area contributed by atoms with E-state index in [0.717, 1.165) is 51.9 Å². The van der Waals surface area contributed by atoms with Crippen LogP contribution in [0.4, 0.5) is 19.1 Å². The molecule has 1 aliphatic carbocycles. The number of anilines is 1. The van der Waals surface area contributed by atoms with Gasteiger partial charge in [-0.1, -0.05) is 12.1 Å². The normalized spacial score (nSPS) is 22.2. The molecule has 2 aliphatic rings. The molecule has 1 aromatic carbocycles. The predicted molar refractivity (Wildman–Crippen MR) is 139 cm³/mol. The van der Waals surface area contributed by atoms with E-state index in [-0.39, 0.29) is 24.3 Å². The summed E-state index contributed by atoms with van der Waals surface area (Å²) in [4.78, 5) is 30.6. The minimum atomic E-state index is -1.78. The molecule has 1 amide bonds. The molecule has 10 nitrogen and oxygen atoms in total. The van der Waals surface area contributed by atoms with Crippen molar-refractivity contribution in [3.8, 4) is 17.3 Å². The number of hydrogen-bond donors (Lipinski definition) is 2. The number of piperazine rings is 1. The van der Waals surface area contributed by atoms with Crippen LogP contribution >= 0.6 is 0 Å². The highest BCUT2D eigenvalue weighted by Gasteiger charge is 2.30. The van der Waals surface area contributed by atoms with Crippen LogP contribution in [0.5, 0.6) is 5.75 Å². The number of carbonyl (C=O) groups is 1. The molecule has 0 bridgehead atoms. The number of aromatic hydroxyl groups is 1. The molecule has 3 heterocycles. The highest BCUT2D eigenvalue weighted by atomic mass is 19.2. The van der Waals surface area contributed by atoms with Crippen molar-refractivity contribution in [1.29, 1.82) is 0 Å². The van der Waals surface area contributed by atoms with Gasteiger partial charge in [0.1, 0.15) is 5.69 Å². The van der Waals surface area contributed by atoms with Gasteiger partial charge < -0.3 is 24.7 Å². The largest absolute Gasteiger partial charge is 0.503 e. The fourth-order valence-corrected chi connectivity index (χ4v) is 5.33. The van der Waals surface area contributed by atoms with Gasteiger partial charge in [-0.05, 0) is 56.7 Å². The van der Waals surface area contributed by atoms with Gasteiger partial charge in [-0.25, -0.2) is 18.7 Å². The number of rotatable bonds is 6. The summed E-state index contributed by atoms with van der Waals surface area (Å²) in [6, 6.07) is 2.24. The lowest BCUT2D eigenvalue weighted by molar-refractivity contribution is 0.0939. The number of hydrogen-bond acceptors (Lipinski definition) is 9. The summed E-state index contributed by atoms with van der Waals surface area (Å²) >= 11 is 0. The third-order valence-electron chi connectivity index (χ3n) is 7.95. The van der Waals surface area contributed by atoms with Crippen molar-refractivity contribution < 1.29 is 27.6 Å². The lowest BCUT2D eigenvalue weighted by atomic mass is 9.89. The molecule has 3 aromatic rings. The van der Waals surface area contributed by atoms with E-state index in [2.05, 4.69) is 49.2 Å². The van der Waals surface area contributed by atoms with Gasteiger partial charge in [0, 0.05) is 44.8 Å². The van der Waals surface area contributed by atoms with Crippen LogP contribution in [0.25, 0.3) is 11.6 Å². The third kappa shape index (κ3) is 5.88. The van der Waals surface area contributed by atoms with E-state index in [1.807, 2.05) is 0 Å². The van der Waals surface area contributed by atoms with E-state index < -0.39 is 34.7 Å². The Labute approximate surface area is 229 Å². The molecule has 2 N–H and O–H groups in total. The van der Waals surface area contributed by atoms with Crippen LogP contribution in [-0.4, -0.2) is 75.8 Å². The minimum absolute atomic E-state index is 0.0369. The second-order valence-electron chi connectivity index (χ2n) is 10.7. The molecular weight excluding hydrogens is 527 g/mol. The molecule has 0 radical (unpaired) electrons. The van der Waals surface area contributed by atoms with E-state index in [4.69, 9.17) is 4.52 Å². The van der Waals surface area contributed by atoms with Crippen LogP contribution in [0, 0.1) is 29.3 Å². The summed E-state index contributed by atoms with van der Waals surface area (Å²) in [6.07, 6.45) is 4.81. The lowest BCUT2D eigenvalue weighted by Crippen LogP contribution is -2.45. The van der Waals surface area contributed by atoms with Crippen LogP contribution in [-0.2, 0) is 0 Å². The van der Waals surface area contributed by atoms with E-state index in [0.29, 0.717) is 29.4 Å². The van der Waals surface area contributed by atoms with Gasteiger partial charge >= 0.3 is 0 Å². The molecule has 1 saturated carbocycles. The average molecular weight is 560 g/mol. The average Bonchev–Trinajstić information content (AvgIpc) is 3.37. The molecule has 2 unspecified atom stereocenters. The Balaban J connectivity index is 1.21. The topological polar surface area (TPSA) is 121 Å². The number of benzene rings is 1. The molecule has 214 valence electrons. The quantitative estimate of drug-likeness (QED) is 0.344. The second kappa shape index (κ2) is 11.8. The van der Waals surface area contributed by atoms with Crippen molar-refractivity contribution in [2.24, 2.45) is 11.8 Å². The monoisotopic (exact) mass is 559 g/mol. The first-order chi connectivity index (χ1) is 19.2. The number of nitrogens with zero attached hydrogens (tertiary/aromatic N) is 6. The second-order valence-corrected chi connectivity index (χ2v) is 10.7. The number of phenols is 1. The van der Waals surface area contributed by atoms with Crippen LogP contribution in [0.3, 0.4) is 0 Å². The molecule has 3 atom stereocenters. The molecule has 0 spiro atoms. The lowest BCUT2D eigenvalue weighted by Gasteiger charge is -2.32. The fraction of sp³-hybridized carbons (Fsp3) is 0.519. The number of nitrogens with one attached hydrogen (secondary N) is 1. The van der Waals surface area contributed by atoms with Gasteiger partial charge in [0.15, 0.2) is 23.2 Å². The summed E-state index contributed by atoms with van der Waals surface area (Å²) < 4.78 is 47.0. The third-order valence-corrected chi connectivity index (χ3v) is 7.95. The van der Waals surface area contributed by atoms with Gasteiger partial charge in [0.05, 0.1) is 5.56 Å². The van der Waals surface area contributed by atoms with Gasteiger partial charge in [-0.2, -0.15) is 9.37 Å². The Morgan fingerprint density at radius 2 is 1.85 bits per heavy atom. The van der Waals surface area contributed by atoms with Crippen molar-refractivity contribution in [2.45, 2.75) is 38.5 Å². The predicted octanol–water partition coefficient (Wildman–Crippen LogP) is 3.74. The zero-order valence-electron chi connectivity index (χ0n) is 22.4. The first-order valence-corrected chi connectivity index (χ1v) is 13.5. The van der Waals surface area contributed by atoms with Gasteiger partial charge in [-0.15, -0.1) is 0 Å². The Kier molecular flexibility index (Phi) is 8.19. The summed E-state index contributed by atoms with van der Waals surface area (Å²) in [6.45, 7) is 5.90. The molecule has 1 saturated heterocycles. The maximum absolute atomic E-state index is 14.1. The summed E-state index contributed by atoms with van der Waals surface area (Å²) in [5.41, 5.74) is -0.216. The molecular formula is C27H32F3N7O3. The smallest absolute Gasteiger partial charge is 0.276 e. The van der Waals surface area contributed by atoms with Crippen LogP contribution in [0.2, 0.25) is 0 Å². The Morgan fingerprint density at radius 1 is 1.10 bits per heavy atom. The molecule has 5 rings (SSSR count). The number of carbonyl (C=O) groups excluding carboxylic acids is 1. The highest BCUT2D eigenvalue weighted by Crippen LogP contribution is 2.37. The number of amides is 1. The van der Waals surface area contributed by atoms with E-state index in [9.17, 15) is 23.1 Å². The van der Waals surface area contributed by atoms with Gasteiger partial charge in [0.25, 0.3) is 11.8 Å². The van der Waals surface area contributed by atoms with E-state index in [1.54, 1.807) is 12.3 Å². The zero-order valence-corrected chi connectivity index (χ0v) is 22.4. The highest BCUT2D eigenvalue weighted by molar-refractivity contribution is 5.94. The minimum Gasteiger partial charge on any atom is -0.503 e. The Bertz CT molecular complexity index is 1360. The first kappa shape index (κ1) is 27.8. The van der Waals surface area contributed by atoms with Gasteiger partial charge in [0.2, 0.25) is 11.8 Å². The maximum Gasteiger partial charge on any atom is 0.276 e. The fourth-order valence-electron chi connectivity index (χ4n) is 5.33. The van der Waals surface area contributed by atoms with E-state index >= 15 is 0 Å². The Hall–Kier alpha value is -3.74. The standard InChI is InChI=1S/C27H32F3N7O3/c1-15-3-4-16(14-32-25(39)18-13-19(28)23(38)22(30)21(18)29)5-6-17(15)24-34-26(40-35-24)20-7-8-31-27(33-20)37-11-9-36(2)10-12-37/h7-8,13,15-17,38H,3-6,9-12,14H2,1-2H3,(H,32,39)/t15-,16?,17?/m0/s1. The van der Waals surface area contributed by atoms with Gasteiger partial charge in [-0.3, -0.25) is 4.79 Å². The van der Waals surface area contributed by atoms with Crippen molar-refractivity contribution >= 4 is 11.9 Å². The summed E-state index contributed by atoms with van der Waals surface area (Å²) in [7, 11) is 2.09. The summed E-state index contributed by atoms with van der Waals surface area (Å²) in [5, 5.41) is 16.0. The summed E-state index contributed by atoms with van der Waals surface area (Å²) in [5.74, 6) is -5.22. The van der Waals surface area contributed by atoms with E-state index in [1.165, 1.54) is 0 Å². The molecule has 1 aliphatic heterocycles. The zero-order chi connectivity index (χ0) is 28.4. The van der Waals surface area contributed by atoms with Crippen LogP contribution < -0.4 is 10.2 Å². The van der Waals surface area contributed by atoms with Crippen molar-refractivity contribution in [3.05, 3.63) is 47.2 Å². The number of likely N-dealkylation sites (N-methyl/N-ethyl adjacent to an activating group) is 1. The van der Waals surface area contributed by atoms with Crippen molar-refractivity contribution in [3.63, 3.8) is 0 Å². The number of halogens is 3. The number of phenolic OH excluding ortho intramolecular Hbond substituents is 1. The van der Waals surface area contributed by atoms with Crippen LogP contribution in [0.1, 0.15) is 54.7 Å².